The zero-order chi connectivity index (χ0) is 37.4. The number of likely N-dealkylation sites (N-methyl/N-ethyl adjacent to an activating group) is 1. The number of esters is 3. The van der Waals surface area contributed by atoms with Crippen LogP contribution < -0.4 is 16.1 Å². The molecule has 0 amide bonds. The molecular weight excluding hydrogens is 680 g/mol. The summed E-state index contributed by atoms with van der Waals surface area (Å²) in [6.45, 7) is 0.969. The van der Waals surface area contributed by atoms with Crippen molar-refractivity contribution in [1.29, 1.82) is 0 Å². The topological polar surface area (TPSA) is 192 Å². The van der Waals surface area contributed by atoms with Gasteiger partial charge in [-0.2, -0.15) is 4.39 Å². The van der Waals surface area contributed by atoms with Crippen LogP contribution in [-0.4, -0.2) is 79.1 Å². The summed E-state index contributed by atoms with van der Waals surface area (Å²) in [5, 5.41) is 0. The van der Waals surface area contributed by atoms with Gasteiger partial charge in [-0.1, -0.05) is 84.0 Å². The largest absolute Gasteiger partial charge is 0.756 e. The van der Waals surface area contributed by atoms with Crippen molar-refractivity contribution in [3.05, 3.63) is 32.9 Å². The summed E-state index contributed by atoms with van der Waals surface area (Å²) < 4.78 is 51.7. The van der Waals surface area contributed by atoms with Gasteiger partial charge in [0.05, 0.1) is 27.3 Å². The number of nitrogens with zero attached hydrogens (tertiary/aromatic N) is 2. The number of phosphoric acid groups is 1. The molecule has 0 aliphatic heterocycles. The van der Waals surface area contributed by atoms with Crippen LogP contribution in [0.1, 0.15) is 116 Å². The van der Waals surface area contributed by atoms with E-state index in [0.717, 1.165) is 25.7 Å². The zero-order valence-electron chi connectivity index (χ0n) is 30.1. The van der Waals surface area contributed by atoms with Crippen molar-refractivity contribution in [1.82, 2.24) is 9.55 Å². The number of hydrogen-bond acceptors (Lipinski definition) is 12. The van der Waals surface area contributed by atoms with Crippen molar-refractivity contribution >= 4 is 25.7 Å². The normalized spacial score (nSPS) is 13.4. The van der Waals surface area contributed by atoms with E-state index < -0.39 is 62.4 Å². The summed E-state index contributed by atoms with van der Waals surface area (Å²) in [5.41, 5.74) is -2.20. The second-order valence-corrected chi connectivity index (χ2v) is 14.6. The van der Waals surface area contributed by atoms with Crippen LogP contribution in [0.3, 0.4) is 0 Å². The maximum atomic E-state index is 13.4. The van der Waals surface area contributed by atoms with E-state index in [2.05, 4.69) is 6.92 Å². The van der Waals surface area contributed by atoms with Gasteiger partial charge in [-0.3, -0.25) is 37.8 Å². The van der Waals surface area contributed by atoms with Gasteiger partial charge in [-0.05, 0) is 12.8 Å². The molecule has 2 atom stereocenters. The number of quaternary nitrogens is 1. The predicted octanol–water partition coefficient (Wildman–Crippen LogP) is 4.45. The molecule has 0 saturated heterocycles. The minimum absolute atomic E-state index is 0.104. The molecule has 0 saturated carbocycles. The molecule has 1 N–H and O–H groups in total. The van der Waals surface area contributed by atoms with Crippen LogP contribution in [0.25, 0.3) is 0 Å². The van der Waals surface area contributed by atoms with Crippen molar-refractivity contribution in [3.8, 4) is 0 Å². The standard InChI is InChI=1S/C33H57FN3O12P/c1-5-6-7-8-9-10-11-12-13-14-15-16-17-19-28(38)45-25-31(49-50(43,44)47-23-22-37(2,3)4)48-30(40)21-18-20-29(39)46-26-36-24-27(34)32(41)35-33(36)42/h24,31H,5-23,25-26H2,1-4H3,(H-,35,41,42,43,44). The highest BCUT2D eigenvalue weighted by molar-refractivity contribution is 7.45. The average Bonchev–Trinajstić information content (AvgIpc) is 3.02. The highest BCUT2D eigenvalue weighted by Gasteiger charge is 2.25. The van der Waals surface area contributed by atoms with E-state index in [-0.39, 0.29) is 32.3 Å². The molecule has 1 aromatic heterocycles. The maximum absolute atomic E-state index is 13.4. The maximum Gasteiger partial charge on any atom is 0.331 e. The first-order valence-electron chi connectivity index (χ1n) is 17.6. The Balaban J connectivity index is 2.47. The van der Waals surface area contributed by atoms with E-state index in [0.29, 0.717) is 28.2 Å². The van der Waals surface area contributed by atoms with Crippen molar-refractivity contribution in [3.63, 3.8) is 0 Å². The summed E-state index contributed by atoms with van der Waals surface area (Å²) in [7, 11) is 0.529. The molecular formula is C33H57FN3O12P. The lowest BCUT2D eigenvalue weighted by Gasteiger charge is -2.29. The number of ether oxygens (including phenoxy) is 3. The highest BCUT2D eigenvalue weighted by atomic mass is 31.2. The number of phosphoric ester groups is 1. The average molecular weight is 738 g/mol. The van der Waals surface area contributed by atoms with Gasteiger partial charge in [-0.25, -0.2) is 4.79 Å². The van der Waals surface area contributed by atoms with Crippen LogP contribution in [0.2, 0.25) is 0 Å². The van der Waals surface area contributed by atoms with Gasteiger partial charge in [0.2, 0.25) is 12.1 Å². The molecule has 0 aliphatic carbocycles. The lowest BCUT2D eigenvalue weighted by atomic mass is 10.0. The van der Waals surface area contributed by atoms with Gasteiger partial charge in [0, 0.05) is 19.3 Å². The zero-order valence-corrected chi connectivity index (χ0v) is 31.0. The number of nitrogens with one attached hydrogen (secondary N) is 1. The fourth-order valence-electron chi connectivity index (χ4n) is 4.58. The highest BCUT2D eigenvalue weighted by Crippen LogP contribution is 2.40. The third kappa shape index (κ3) is 23.5. The van der Waals surface area contributed by atoms with Gasteiger partial charge in [0.15, 0.2) is 13.3 Å². The smallest absolute Gasteiger partial charge is 0.331 e. The minimum atomic E-state index is -4.97. The molecule has 1 rings (SSSR count). The van der Waals surface area contributed by atoms with Crippen molar-refractivity contribution in [2.45, 2.75) is 129 Å². The lowest BCUT2D eigenvalue weighted by Crippen LogP contribution is -2.38. The van der Waals surface area contributed by atoms with E-state index in [1.807, 2.05) is 21.1 Å². The van der Waals surface area contributed by atoms with Crippen LogP contribution in [0.15, 0.2) is 15.8 Å². The summed E-state index contributed by atoms with van der Waals surface area (Å²) in [6, 6.07) is 0. The van der Waals surface area contributed by atoms with E-state index in [4.69, 9.17) is 23.3 Å². The van der Waals surface area contributed by atoms with E-state index in [1.165, 1.54) is 51.4 Å². The summed E-state index contributed by atoms with van der Waals surface area (Å²) in [5.74, 6) is -3.65. The fraction of sp³-hybridized carbons (Fsp3) is 0.788. The van der Waals surface area contributed by atoms with E-state index >= 15 is 0 Å². The summed E-state index contributed by atoms with van der Waals surface area (Å²) in [4.78, 5) is 73.7. The van der Waals surface area contributed by atoms with Crippen molar-refractivity contribution < 1.29 is 56.0 Å². The number of carbonyl (C=O) groups excluding carboxylic acids is 3. The molecule has 50 heavy (non-hydrogen) atoms. The Morgan fingerprint density at radius 1 is 0.840 bits per heavy atom. The van der Waals surface area contributed by atoms with Gasteiger partial charge >= 0.3 is 23.6 Å². The second kappa shape index (κ2) is 25.1. The Labute approximate surface area is 294 Å². The van der Waals surface area contributed by atoms with Crippen LogP contribution in [-0.2, 0) is 48.9 Å². The first-order valence-corrected chi connectivity index (χ1v) is 19.0. The number of hydrogen-bond donors (Lipinski definition) is 1. The minimum Gasteiger partial charge on any atom is -0.756 e. The molecule has 1 heterocycles. The summed E-state index contributed by atoms with van der Waals surface area (Å²) >= 11 is 0. The Bertz CT molecular complexity index is 1310. The number of aromatic amines is 1. The van der Waals surface area contributed by atoms with Crippen molar-refractivity contribution in [2.24, 2.45) is 0 Å². The predicted molar refractivity (Wildman–Crippen MR) is 180 cm³/mol. The van der Waals surface area contributed by atoms with Crippen LogP contribution >= 0.6 is 7.82 Å². The lowest BCUT2D eigenvalue weighted by molar-refractivity contribution is -0.870. The molecule has 0 spiro atoms. The third-order valence-corrected chi connectivity index (χ3v) is 8.47. The van der Waals surface area contributed by atoms with Gasteiger partial charge in [0.25, 0.3) is 13.4 Å². The molecule has 0 aromatic carbocycles. The Kier molecular flexibility index (Phi) is 22.7. The van der Waals surface area contributed by atoms with E-state index in [9.17, 15) is 37.8 Å². The number of H-pyrrole nitrogens is 1. The van der Waals surface area contributed by atoms with Crippen LogP contribution in [0, 0.1) is 5.82 Å². The molecule has 0 aliphatic rings. The number of aromatic nitrogens is 2. The fourth-order valence-corrected chi connectivity index (χ4v) is 5.34. The number of halogens is 1. The van der Waals surface area contributed by atoms with Crippen molar-refractivity contribution in [2.75, 3.05) is 40.9 Å². The monoisotopic (exact) mass is 737 g/mol. The Morgan fingerprint density at radius 2 is 1.36 bits per heavy atom. The van der Waals surface area contributed by atoms with Crippen LogP contribution in [0.4, 0.5) is 4.39 Å². The van der Waals surface area contributed by atoms with Gasteiger partial charge in [0.1, 0.15) is 13.2 Å². The molecule has 0 radical (unpaired) electrons. The second-order valence-electron chi connectivity index (χ2n) is 13.2. The Morgan fingerprint density at radius 3 is 1.94 bits per heavy atom. The molecule has 288 valence electrons. The SMILES string of the molecule is CCCCCCCCCCCCCCCC(=O)OCC(OC(=O)CCCC(=O)OCn1cc(F)c(=O)[nH]c1=O)OP(=O)([O-])OCC[N+](C)(C)C. The number of carbonyl (C=O) groups is 3. The molecule has 2 unspecified atom stereocenters. The van der Waals surface area contributed by atoms with Gasteiger partial charge < -0.3 is 28.1 Å². The van der Waals surface area contributed by atoms with E-state index in [1.54, 1.807) is 4.98 Å². The van der Waals surface area contributed by atoms with Gasteiger partial charge in [-0.15, -0.1) is 0 Å². The first kappa shape index (κ1) is 45.1. The third-order valence-electron chi connectivity index (χ3n) is 7.48. The number of unbranched alkanes of at least 4 members (excludes halogenated alkanes) is 12. The molecule has 0 fully saturated rings. The molecule has 17 heteroatoms. The quantitative estimate of drug-likeness (QED) is 0.0304. The first-order chi connectivity index (χ1) is 23.6. The number of rotatable bonds is 29. The Hall–Kier alpha value is -2.91. The molecule has 15 nitrogen and oxygen atoms in total. The van der Waals surface area contributed by atoms with Crippen LogP contribution in [0.5, 0.6) is 0 Å². The molecule has 1 aromatic rings. The summed E-state index contributed by atoms with van der Waals surface area (Å²) in [6.07, 6.45) is 13.0. The molecule has 0 bridgehead atoms.